The molecule has 4 nitrogen and oxygen atoms in total. The fourth-order valence-electron chi connectivity index (χ4n) is 1.89. The number of aliphatic hydroxyl groups is 1. The second-order valence-electron chi connectivity index (χ2n) is 3.93. The van der Waals surface area contributed by atoms with E-state index in [1.54, 1.807) is 0 Å². The maximum absolute atomic E-state index is 8.70. The van der Waals surface area contributed by atoms with Gasteiger partial charge in [-0.25, -0.2) is 0 Å². The van der Waals surface area contributed by atoms with E-state index < -0.39 is 0 Å². The average Bonchev–Trinajstić information content (AvgIpc) is 2.76. The summed E-state index contributed by atoms with van der Waals surface area (Å²) in [4.78, 5) is 0. The number of hydrogen-bond acceptors (Lipinski definition) is 4. The quantitative estimate of drug-likeness (QED) is 0.819. The Bertz CT molecular complexity index is 292. The largest absolute Gasteiger partial charge is 0.396 e. The smallest absolute Gasteiger partial charge is 0.137 e. The van der Waals surface area contributed by atoms with Gasteiger partial charge in [0.15, 0.2) is 0 Å². The van der Waals surface area contributed by atoms with Crippen molar-refractivity contribution in [2.75, 3.05) is 19.8 Å². The topological polar surface area (TPSA) is 55.5 Å². The van der Waals surface area contributed by atoms with E-state index >= 15 is 0 Å². The van der Waals surface area contributed by atoms with Crippen LogP contribution < -0.4 is 0 Å². The molecule has 15 heavy (non-hydrogen) atoms. The number of ether oxygens (including phenoxy) is 1. The second kappa shape index (κ2) is 5.28. The number of rotatable bonds is 4. The van der Waals surface area contributed by atoms with E-state index in [2.05, 4.69) is 5.16 Å². The van der Waals surface area contributed by atoms with Gasteiger partial charge in [-0.05, 0) is 19.3 Å². The van der Waals surface area contributed by atoms with Crippen molar-refractivity contribution in [3.8, 4) is 0 Å². The van der Waals surface area contributed by atoms with E-state index in [4.69, 9.17) is 14.4 Å². The third kappa shape index (κ3) is 2.79. The zero-order chi connectivity index (χ0) is 10.5. The Morgan fingerprint density at radius 1 is 1.40 bits per heavy atom. The summed E-state index contributed by atoms with van der Waals surface area (Å²) >= 11 is 0. The standard InChI is InChI=1S/C11H17NO3/c13-5-1-2-10-8-11(12-15-10)9-3-6-14-7-4-9/h8-9,13H,1-7H2. The van der Waals surface area contributed by atoms with E-state index in [9.17, 15) is 0 Å². The lowest BCUT2D eigenvalue weighted by atomic mass is 9.96. The summed E-state index contributed by atoms with van der Waals surface area (Å²) in [5.74, 6) is 1.37. The van der Waals surface area contributed by atoms with Crippen LogP contribution in [-0.2, 0) is 11.2 Å². The fourth-order valence-corrected chi connectivity index (χ4v) is 1.89. The van der Waals surface area contributed by atoms with Gasteiger partial charge in [0.25, 0.3) is 0 Å². The number of nitrogens with zero attached hydrogens (tertiary/aromatic N) is 1. The summed E-state index contributed by atoms with van der Waals surface area (Å²) in [6.07, 6.45) is 3.58. The number of aromatic nitrogens is 1. The normalized spacial score (nSPS) is 18.2. The van der Waals surface area contributed by atoms with Crippen molar-refractivity contribution in [3.63, 3.8) is 0 Å². The first-order valence-corrected chi connectivity index (χ1v) is 5.54. The van der Waals surface area contributed by atoms with Crippen LogP contribution in [0.15, 0.2) is 10.6 Å². The third-order valence-corrected chi connectivity index (χ3v) is 2.80. The Balaban J connectivity index is 1.93. The highest BCUT2D eigenvalue weighted by Gasteiger charge is 2.19. The van der Waals surface area contributed by atoms with Crippen molar-refractivity contribution >= 4 is 0 Å². The Kier molecular flexibility index (Phi) is 3.75. The molecular weight excluding hydrogens is 194 g/mol. The summed E-state index contributed by atoms with van der Waals surface area (Å²) < 4.78 is 10.5. The average molecular weight is 211 g/mol. The van der Waals surface area contributed by atoms with Crippen LogP contribution in [0.1, 0.15) is 36.6 Å². The van der Waals surface area contributed by atoms with Crippen LogP contribution in [0, 0.1) is 0 Å². The minimum absolute atomic E-state index is 0.202. The molecule has 0 unspecified atom stereocenters. The van der Waals surface area contributed by atoms with E-state index in [1.807, 2.05) is 6.07 Å². The van der Waals surface area contributed by atoms with Crippen LogP contribution in [-0.4, -0.2) is 30.1 Å². The molecule has 0 radical (unpaired) electrons. The van der Waals surface area contributed by atoms with Crippen LogP contribution in [0.4, 0.5) is 0 Å². The van der Waals surface area contributed by atoms with Gasteiger partial charge < -0.3 is 14.4 Å². The number of hydrogen-bond donors (Lipinski definition) is 1. The molecule has 1 aromatic rings. The first-order chi connectivity index (χ1) is 7.40. The molecule has 2 heterocycles. The fraction of sp³-hybridized carbons (Fsp3) is 0.727. The van der Waals surface area contributed by atoms with Crippen LogP contribution >= 0.6 is 0 Å². The van der Waals surface area contributed by atoms with Gasteiger partial charge in [-0.1, -0.05) is 5.16 Å². The molecule has 4 heteroatoms. The van der Waals surface area contributed by atoms with Gasteiger partial charge in [0.1, 0.15) is 5.76 Å². The minimum atomic E-state index is 0.202. The van der Waals surface area contributed by atoms with E-state index in [0.29, 0.717) is 5.92 Å². The highest BCUT2D eigenvalue weighted by molar-refractivity contribution is 5.11. The first kappa shape index (κ1) is 10.6. The highest BCUT2D eigenvalue weighted by Crippen LogP contribution is 2.26. The van der Waals surface area contributed by atoms with Crippen LogP contribution in [0.2, 0.25) is 0 Å². The lowest BCUT2D eigenvalue weighted by Gasteiger charge is -2.19. The molecule has 1 fully saturated rings. The SMILES string of the molecule is OCCCc1cc(C2CCOCC2)no1. The van der Waals surface area contributed by atoms with E-state index in [0.717, 1.165) is 50.4 Å². The first-order valence-electron chi connectivity index (χ1n) is 5.54. The molecule has 84 valence electrons. The highest BCUT2D eigenvalue weighted by atomic mass is 16.5. The summed E-state index contributed by atoms with van der Waals surface area (Å²) in [5.41, 5.74) is 1.05. The Labute approximate surface area is 89.2 Å². The monoisotopic (exact) mass is 211 g/mol. The zero-order valence-electron chi connectivity index (χ0n) is 8.82. The minimum Gasteiger partial charge on any atom is -0.396 e. The predicted octanol–water partition coefficient (Wildman–Crippen LogP) is 1.49. The zero-order valence-corrected chi connectivity index (χ0v) is 8.82. The van der Waals surface area contributed by atoms with Crippen molar-refractivity contribution in [2.45, 2.75) is 31.6 Å². The predicted molar refractivity (Wildman–Crippen MR) is 54.7 cm³/mol. The van der Waals surface area contributed by atoms with Gasteiger partial charge in [0.2, 0.25) is 0 Å². The number of aliphatic hydroxyl groups excluding tert-OH is 1. The summed E-state index contributed by atoms with van der Waals surface area (Å²) in [6.45, 7) is 1.85. The van der Waals surface area contributed by atoms with Crippen LogP contribution in [0.5, 0.6) is 0 Å². The maximum atomic E-state index is 8.70. The number of aryl methyl sites for hydroxylation is 1. The lowest BCUT2D eigenvalue weighted by Crippen LogP contribution is -2.14. The van der Waals surface area contributed by atoms with Crippen molar-refractivity contribution in [3.05, 3.63) is 17.5 Å². The molecule has 1 N–H and O–H groups in total. The molecule has 0 spiro atoms. The van der Waals surface area contributed by atoms with Crippen LogP contribution in [0.25, 0.3) is 0 Å². The molecule has 0 aromatic carbocycles. The van der Waals surface area contributed by atoms with Gasteiger partial charge in [0.05, 0.1) is 5.69 Å². The third-order valence-electron chi connectivity index (χ3n) is 2.80. The molecule has 0 saturated carbocycles. The molecule has 0 atom stereocenters. The molecule has 1 aliphatic heterocycles. The van der Waals surface area contributed by atoms with Gasteiger partial charge in [-0.3, -0.25) is 0 Å². The van der Waals surface area contributed by atoms with Crippen molar-refractivity contribution in [1.82, 2.24) is 5.16 Å². The Morgan fingerprint density at radius 3 is 2.93 bits per heavy atom. The molecular formula is C11H17NO3. The molecule has 1 aliphatic rings. The van der Waals surface area contributed by atoms with Crippen molar-refractivity contribution < 1.29 is 14.4 Å². The molecule has 0 aliphatic carbocycles. The Morgan fingerprint density at radius 2 is 2.20 bits per heavy atom. The summed E-state index contributed by atoms with van der Waals surface area (Å²) in [6, 6.07) is 2.02. The van der Waals surface area contributed by atoms with Crippen molar-refractivity contribution in [1.29, 1.82) is 0 Å². The maximum Gasteiger partial charge on any atom is 0.137 e. The molecule has 1 aromatic heterocycles. The van der Waals surface area contributed by atoms with Crippen LogP contribution in [0.3, 0.4) is 0 Å². The van der Waals surface area contributed by atoms with Gasteiger partial charge in [-0.15, -0.1) is 0 Å². The van der Waals surface area contributed by atoms with E-state index in [-0.39, 0.29) is 6.61 Å². The molecule has 2 rings (SSSR count). The summed E-state index contributed by atoms with van der Waals surface area (Å²) in [7, 11) is 0. The molecule has 1 saturated heterocycles. The molecule has 0 bridgehead atoms. The van der Waals surface area contributed by atoms with Gasteiger partial charge in [0, 0.05) is 38.2 Å². The lowest BCUT2D eigenvalue weighted by molar-refractivity contribution is 0.0838. The summed E-state index contributed by atoms with van der Waals surface area (Å²) in [5, 5.41) is 12.8. The Hall–Kier alpha value is -0.870. The molecule has 0 amide bonds. The van der Waals surface area contributed by atoms with Gasteiger partial charge >= 0.3 is 0 Å². The van der Waals surface area contributed by atoms with E-state index in [1.165, 1.54) is 0 Å². The van der Waals surface area contributed by atoms with Gasteiger partial charge in [-0.2, -0.15) is 0 Å². The van der Waals surface area contributed by atoms with Crippen molar-refractivity contribution in [2.24, 2.45) is 0 Å². The second-order valence-corrected chi connectivity index (χ2v) is 3.93.